The molecule has 0 heterocycles. The summed E-state index contributed by atoms with van der Waals surface area (Å²) in [6.07, 6.45) is 6.56. The molecule has 0 saturated carbocycles. The second-order valence-corrected chi connectivity index (χ2v) is 4.88. The number of rotatable bonds is 8. The van der Waals surface area contributed by atoms with Crippen molar-refractivity contribution in [2.45, 2.75) is 12.5 Å². The molecule has 0 saturated heterocycles. The van der Waals surface area contributed by atoms with E-state index in [1.54, 1.807) is 11.8 Å². The van der Waals surface area contributed by atoms with Gasteiger partial charge in [0.15, 0.2) is 0 Å². The molecule has 3 nitrogen and oxygen atoms in total. The fourth-order valence-electron chi connectivity index (χ4n) is 1.52. The molecule has 0 fully saturated rings. The zero-order chi connectivity index (χ0) is 13.2. The first-order chi connectivity index (χ1) is 8.74. The van der Waals surface area contributed by atoms with Gasteiger partial charge in [0, 0.05) is 6.54 Å². The van der Waals surface area contributed by atoms with E-state index in [0.717, 1.165) is 11.3 Å². The number of hydrogen-bond donors (Lipinski definition) is 2. The highest BCUT2D eigenvalue weighted by Crippen LogP contribution is 2.02. The molecular formula is C14H19NO2S. The smallest absolute Gasteiger partial charge is 0.320 e. The second-order valence-electron chi connectivity index (χ2n) is 3.89. The molecule has 2 N–H and O–H groups in total. The largest absolute Gasteiger partial charge is 0.480 e. The van der Waals surface area contributed by atoms with Crippen LogP contribution in [0.1, 0.15) is 12.0 Å². The molecule has 1 aromatic carbocycles. The van der Waals surface area contributed by atoms with Crippen LogP contribution in [0.5, 0.6) is 0 Å². The number of carbonyl (C=O) groups is 1. The Balaban J connectivity index is 2.34. The minimum Gasteiger partial charge on any atom is -0.480 e. The van der Waals surface area contributed by atoms with Crippen LogP contribution in [0.2, 0.25) is 0 Å². The van der Waals surface area contributed by atoms with E-state index >= 15 is 0 Å². The average Bonchev–Trinajstić information content (AvgIpc) is 2.38. The highest BCUT2D eigenvalue weighted by molar-refractivity contribution is 7.98. The number of hydrogen-bond acceptors (Lipinski definition) is 3. The molecule has 0 radical (unpaired) electrons. The summed E-state index contributed by atoms with van der Waals surface area (Å²) in [5.41, 5.74) is 1.12. The molecule has 1 atom stereocenters. The third kappa shape index (κ3) is 5.89. The standard InChI is InChI=1S/C14H19NO2S/c1-18-11-9-13(14(16)17)15-10-5-8-12-6-3-2-4-7-12/h2-8,13,15H,9-11H2,1H3,(H,16,17)/b8-5+/t13-/m0/s1. The topological polar surface area (TPSA) is 49.3 Å². The minimum absolute atomic E-state index is 0.460. The number of carboxylic acid groups (broad SMARTS) is 1. The molecule has 0 aliphatic carbocycles. The highest BCUT2D eigenvalue weighted by atomic mass is 32.2. The summed E-state index contributed by atoms with van der Waals surface area (Å²) in [5.74, 6) is 0.0731. The SMILES string of the molecule is CSCC[C@H](NC/C=C/c1ccccc1)C(=O)O. The summed E-state index contributed by atoms with van der Waals surface area (Å²) in [7, 11) is 0. The summed E-state index contributed by atoms with van der Waals surface area (Å²) in [6.45, 7) is 0.570. The van der Waals surface area contributed by atoms with Gasteiger partial charge in [-0.1, -0.05) is 42.5 Å². The molecule has 0 spiro atoms. The molecule has 0 aliphatic heterocycles. The third-order valence-corrected chi connectivity index (χ3v) is 3.14. The summed E-state index contributed by atoms with van der Waals surface area (Å²) in [5, 5.41) is 12.0. The van der Waals surface area contributed by atoms with Crippen molar-refractivity contribution in [3.63, 3.8) is 0 Å². The zero-order valence-electron chi connectivity index (χ0n) is 10.5. The fourth-order valence-corrected chi connectivity index (χ4v) is 1.99. The van der Waals surface area contributed by atoms with Gasteiger partial charge in [-0.15, -0.1) is 0 Å². The highest BCUT2D eigenvalue weighted by Gasteiger charge is 2.14. The van der Waals surface area contributed by atoms with E-state index in [1.807, 2.05) is 48.7 Å². The number of carboxylic acids is 1. The van der Waals surface area contributed by atoms with Gasteiger partial charge in [0.1, 0.15) is 6.04 Å². The predicted molar refractivity (Wildman–Crippen MR) is 77.9 cm³/mol. The van der Waals surface area contributed by atoms with Crippen LogP contribution in [0.25, 0.3) is 6.08 Å². The third-order valence-electron chi connectivity index (χ3n) is 2.50. The molecule has 4 heteroatoms. The maximum Gasteiger partial charge on any atom is 0.320 e. The number of nitrogens with one attached hydrogen (secondary N) is 1. The van der Waals surface area contributed by atoms with Gasteiger partial charge in [0.2, 0.25) is 0 Å². The van der Waals surface area contributed by atoms with Crippen molar-refractivity contribution in [2.75, 3.05) is 18.6 Å². The van der Waals surface area contributed by atoms with E-state index in [2.05, 4.69) is 5.32 Å². The Morgan fingerprint density at radius 3 is 2.78 bits per heavy atom. The number of thioether (sulfide) groups is 1. The maximum absolute atomic E-state index is 11.0. The van der Waals surface area contributed by atoms with Gasteiger partial charge in [-0.05, 0) is 24.0 Å². The van der Waals surface area contributed by atoms with Crippen LogP contribution < -0.4 is 5.32 Å². The minimum atomic E-state index is -0.780. The van der Waals surface area contributed by atoms with Crippen LogP contribution in [0.3, 0.4) is 0 Å². The van der Waals surface area contributed by atoms with E-state index in [1.165, 1.54) is 0 Å². The van der Waals surface area contributed by atoms with Gasteiger partial charge in [-0.3, -0.25) is 4.79 Å². The van der Waals surface area contributed by atoms with Crippen molar-refractivity contribution >= 4 is 23.8 Å². The lowest BCUT2D eigenvalue weighted by Gasteiger charge is -2.11. The normalized spacial score (nSPS) is 12.7. The van der Waals surface area contributed by atoms with Crippen LogP contribution in [-0.4, -0.2) is 35.7 Å². The van der Waals surface area contributed by atoms with Crippen LogP contribution in [0, 0.1) is 0 Å². The quantitative estimate of drug-likeness (QED) is 0.758. The molecule has 98 valence electrons. The van der Waals surface area contributed by atoms with Crippen molar-refractivity contribution < 1.29 is 9.90 Å². The van der Waals surface area contributed by atoms with Crippen LogP contribution in [-0.2, 0) is 4.79 Å². The van der Waals surface area contributed by atoms with Crippen LogP contribution in [0.4, 0.5) is 0 Å². The molecule has 1 aromatic rings. The Bertz CT molecular complexity index is 379. The monoisotopic (exact) mass is 265 g/mol. The molecule has 0 aliphatic rings. The van der Waals surface area contributed by atoms with Gasteiger partial charge in [0.05, 0.1) is 0 Å². The van der Waals surface area contributed by atoms with Gasteiger partial charge < -0.3 is 10.4 Å². The Hall–Kier alpha value is -1.26. The summed E-state index contributed by atoms with van der Waals surface area (Å²) in [4.78, 5) is 11.0. The second kappa shape index (κ2) is 8.78. The molecule has 0 bridgehead atoms. The van der Waals surface area contributed by atoms with Gasteiger partial charge >= 0.3 is 5.97 Å². The van der Waals surface area contributed by atoms with Crippen LogP contribution in [0.15, 0.2) is 36.4 Å². The molecule has 0 aromatic heterocycles. The zero-order valence-corrected chi connectivity index (χ0v) is 11.3. The lowest BCUT2D eigenvalue weighted by atomic mass is 10.2. The van der Waals surface area contributed by atoms with Gasteiger partial charge in [-0.2, -0.15) is 11.8 Å². The summed E-state index contributed by atoms with van der Waals surface area (Å²) < 4.78 is 0. The van der Waals surface area contributed by atoms with Crippen molar-refractivity contribution in [3.05, 3.63) is 42.0 Å². The molecule has 0 unspecified atom stereocenters. The van der Waals surface area contributed by atoms with Crippen molar-refractivity contribution in [2.24, 2.45) is 0 Å². The van der Waals surface area contributed by atoms with Crippen molar-refractivity contribution in [1.29, 1.82) is 0 Å². The van der Waals surface area contributed by atoms with Crippen molar-refractivity contribution in [1.82, 2.24) is 5.32 Å². The number of aliphatic carboxylic acids is 1. The van der Waals surface area contributed by atoms with Crippen molar-refractivity contribution in [3.8, 4) is 0 Å². The maximum atomic E-state index is 11.0. The fraction of sp³-hybridized carbons (Fsp3) is 0.357. The molecule has 0 amide bonds. The van der Waals surface area contributed by atoms with Gasteiger partial charge in [0.25, 0.3) is 0 Å². The first kappa shape index (κ1) is 14.8. The summed E-state index contributed by atoms with van der Waals surface area (Å²) in [6, 6.07) is 9.49. The number of benzene rings is 1. The van der Waals surface area contributed by atoms with E-state index in [9.17, 15) is 4.79 Å². The predicted octanol–water partition coefficient (Wildman–Crippen LogP) is 2.50. The average molecular weight is 265 g/mol. The van der Waals surface area contributed by atoms with E-state index in [0.29, 0.717) is 13.0 Å². The first-order valence-electron chi connectivity index (χ1n) is 5.90. The molecule has 18 heavy (non-hydrogen) atoms. The Kier molecular flexibility index (Phi) is 7.22. The van der Waals surface area contributed by atoms with Crippen LogP contribution >= 0.6 is 11.8 Å². The first-order valence-corrected chi connectivity index (χ1v) is 7.30. The Labute approximate surface area is 112 Å². The Morgan fingerprint density at radius 1 is 1.44 bits per heavy atom. The Morgan fingerprint density at radius 2 is 2.17 bits per heavy atom. The van der Waals surface area contributed by atoms with E-state index in [4.69, 9.17) is 5.11 Å². The molecular weight excluding hydrogens is 246 g/mol. The van der Waals surface area contributed by atoms with E-state index in [-0.39, 0.29) is 0 Å². The molecule has 1 rings (SSSR count). The lowest BCUT2D eigenvalue weighted by Crippen LogP contribution is -2.37. The lowest BCUT2D eigenvalue weighted by molar-refractivity contribution is -0.139. The van der Waals surface area contributed by atoms with E-state index < -0.39 is 12.0 Å². The van der Waals surface area contributed by atoms with Gasteiger partial charge in [-0.25, -0.2) is 0 Å². The summed E-state index contributed by atoms with van der Waals surface area (Å²) >= 11 is 1.66.